The first kappa shape index (κ1) is 14.2. The number of nitrogens with two attached hydrogens (primary N) is 1. The molecule has 1 aliphatic rings. The number of nitrogens with zero attached hydrogens (tertiary/aromatic N) is 3. The SMILES string of the molecule is COC1(c2ccc3c(N)ncnn23)O[C@H](CO)C(O)[C@@H]1O. The second-order valence-corrected chi connectivity index (χ2v) is 4.81. The highest BCUT2D eigenvalue weighted by molar-refractivity contribution is 5.65. The molecule has 1 aliphatic heterocycles. The number of hydrogen-bond acceptors (Lipinski definition) is 8. The van der Waals surface area contributed by atoms with Crippen molar-refractivity contribution >= 4 is 11.3 Å². The van der Waals surface area contributed by atoms with E-state index in [0.29, 0.717) is 11.2 Å². The molecule has 9 nitrogen and oxygen atoms in total. The molecule has 3 rings (SSSR count). The average molecular weight is 296 g/mol. The molecule has 1 saturated heterocycles. The monoisotopic (exact) mass is 296 g/mol. The minimum absolute atomic E-state index is 0.259. The molecule has 3 heterocycles. The molecule has 1 fully saturated rings. The first-order chi connectivity index (χ1) is 10.0. The molecule has 0 radical (unpaired) electrons. The van der Waals surface area contributed by atoms with Crippen LogP contribution in [-0.2, 0) is 15.3 Å². The Hall–Kier alpha value is -1.78. The highest BCUT2D eigenvalue weighted by Gasteiger charge is 2.57. The molecule has 114 valence electrons. The molecule has 0 saturated carbocycles. The standard InChI is InChI=1S/C12H16N4O5/c1-20-12(10(19)9(18)7(4-17)21-12)8-3-2-6-11(13)14-5-15-16(6)8/h2-3,5,7,9-10,17-19H,4H2,1H3,(H2,13,14,15)/t7-,9?,10+,12?/m1/s1. The lowest BCUT2D eigenvalue weighted by atomic mass is 10.0. The fourth-order valence-corrected chi connectivity index (χ4v) is 2.64. The van der Waals surface area contributed by atoms with Crippen molar-refractivity contribution in [1.82, 2.24) is 14.6 Å². The summed E-state index contributed by atoms with van der Waals surface area (Å²) in [6, 6.07) is 3.26. The Balaban J connectivity index is 2.17. The lowest BCUT2D eigenvalue weighted by Gasteiger charge is -2.29. The van der Waals surface area contributed by atoms with Crippen LogP contribution in [0.2, 0.25) is 0 Å². The summed E-state index contributed by atoms with van der Waals surface area (Å²) in [5.74, 6) is -1.39. The summed E-state index contributed by atoms with van der Waals surface area (Å²) in [5, 5.41) is 33.6. The number of ether oxygens (including phenoxy) is 2. The van der Waals surface area contributed by atoms with Crippen molar-refractivity contribution in [3.63, 3.8) is 0 Å². The predicted octanol–water partition coefficient (Wildman–Crippen LogP) is -1.78. The van der Waals surface area contributed by atoms with E-state index in [1.165, 1.54) is 18.0 Å². The summed E-state index contributed by atoms with van der Waals surface area (Å²) in [7, 11) is 1.33. The van der Waals surface area contributed by atoms with Crippen LogP contribution in [-0.4, -0.2) is 61.9 Å². The summed E-state index contributed by atoms with van der Waals surface area (Å²) in [5.41, 5.74) is 6.62. The van der Waals surface area contributed by atoms with Crippen LogP contribution in [0.4, 0.5) is 5.82 Å². The van der Waals surface area contributed by atoms with Gasteiger partial charge in [0.05, 0.1) is 6.61 Å². The van der Waals surface area contributed by atoms with E-state index in [0.717, 1.165) is 0 Å². The highest BCUT2D eigenvalue weighted by atomic mass is 16.7. The van der Waals surface area contributed by atoms with E-state index >= 15 is 0 Å². The van der Waals surface area contributed by atoms with Crippen LogP contribution in [0.1, 0.15) is 5.69 Å². The summed E-state index contributed by atoms with van der Waals surface area (Å²) >= 11 is 0. The predicted molar refractivity (Wildman–Crippen MR) is 70.1 cm³/mol. The van der Waals surface area contributed by atoms with Crippen molar-refractivity contribution in [3.8, 4) is 0 Å². The zero-order chi connectivity index (χ0) is 15.2. The van der Waals surface area contributed by atoms with Gasteiger partial charge in [0.15, 0.2) is 5.82 Å². The number of hydrogen-bond donors (Lipinski definition) is 4. The molecule has 4 atom stereocenters. The summed E-state index contributed by atoms with van der Waals surface area (Å²) in [6.45, 7) is -0.455. The van der Waals surface area contributed by atoms with E-state index in [2.05, 4.69) is 10.1 Å². The van der Waals surface area contributed by atoms with E-state index in [-0.39, 0.29) is 5.82 Å². The molecule has 2 aromatic heterocycles. The van der Waals surface area contributed by atoms with Crippen LogP contribution in [0, 0.1) is 0 Å². The van der Waals surface area contributed by atoms with E-state index in [4.69, 9.17) is 15.2 Å². The minimum Gasteiger partial charge on any atom is -0.394 e. The van der Waals surface area contributed by atoms with Crippen molar-refractivity contribution < 1.29 is 24.8 Å². The first-order valence-electron chi connectivity index (χ1n) is 6.33. The molecule has 0 bridgehead atoms. The number of fused-ring (bicyclic) bond motifs is 1. The number of anilines is 1. The Morgan fingerprint density at radius 3 is 2.86 bits per heavy atom. The van der Waals surface area contributed by atoms with Crippen molar-refractivity contribution in [2.45, 2.75) is 24.1 Å². The zero-order valence-electron chi connectivity index (χ0n) is 11.2. The molecular formula is C12H16N4O5. The van der Waals surface area contributed by atoms with Gasteiger partial charge in [-0.15, -0.1) is 0 Å². The normalized spacial score (nSPS) is 32.9. The van der Waals surface area contributed by atoms with Crippen LogP contribution in [0.3, 0.4) is 0 Å². The zero-order valence-corrected chi connectivity index (χ0v) is 11.2. The van der Waals surface area contributed by atoms with Crippen molar-refractivity contribution in [2.24, 2.45) is 0 Å². The van der Waals surface area contributed by atoms with Gasteiger partial charge in [0.25, 0.3) is 0 Å². The maximum Gasteiger partial charge on any atom is 0.242 e. The third kappa shape index (κ3) is 1.83. The third-order valence-electron chi connectivity index (χ3n) is 3.74. The van der Waals surface area contributed by atoms with Crippen LogP contribution < -0.4 is 5.73 Å². The topological polar surface area (TPSA) is 135 Å². The molecule has 2 aromatic rings. The number of aliphatic hydroxyl groups excluding tert-OH is 3. The van der Waals surface area contributed by atoms with E-state index in [1.54, 1.807) is 12.1 Å². The van der Waals surface area contributed by atoms with Gasteiger partial charge < -0.3 is 30.5 Å². The first-order valence-corrected chi connectivity index (χ1v) is 6.33. The van der Waals surface area contributed by atoms with Crippen molar-refractivity contribution in [3.05, 3.63) is 24.2 Å². The molecule has 0 amide bonds. The molecule has 0 aromatic carbocycles. The minimum atomic E-state index is -1.65. The fraction of sp³-hybridized carbons (Fsp3) is 0.500. The van der Waals surface area contributed by atoms with Crippen LogP contribution in [0.15, 0.2) is 18.5 Å². The van der Waals surface area contributed by atoms with E-state index < -0.39 is 30.7 Å². The lowest BCUT2D eigenvalue weighted by molar-refractivity contribution is -0.259. The molecule has 0 aliphatic carbocycles. The van der Waals surface area contributed by atoms with Gasteiger partial charge in [-0.2, -0.15) is 5.10 Å². The molecule has 21 heavy (non-hydrogen) atoms. The maximum atomic E-state index is 10.3. The summed E-state index contributed by atoms with van der Waals surface area (Å²) < 4.78 is 12.3. The Kier molecular flexibility index (Phi) is 3.30. The molecule has 5 N–H and O–H groups in total. The number of methoxy groups -OCH3 is 1. The highest BCUT2D eigenvalue weighted by Crippen LogP contribution is 2.41. The van der Waals surface area contributed by atoms with Crippen LogP contribution >= 0.6 is 0 Å². The second kappa shape index (κ2) is 4.90. The Labute approximate surface area is 119 Å². The smallest absolute Gasteiger partial charge is 0.242 e. The van der Waals surface area contributed by atoms with Gasteiger partial charge in [0.2, 0.25) is 5.79 Å². The quantitative estimate of drug-likeness (QED) is 0.522. The number of aromatic nitrogens is 3. The van der Waals surface area contributed by atoms with E-state index in [1.807, 2.05) is 0 Å². The van der Waals surface area contributed by atoms with Gasteiger partial charge >= 0.3 is 0 Å². The molecule has 2 unspecified atom stereocenters. The molecule has 9 heteroatoms. The van der Waals surface area contributed by atoms with Crippen molar-refractivity contribution in [1.29, 1.82) is 0 Å². The van der Waals surface area contributed by atoms with Crippen LogP contribution in [0.5, 0.6) is 0 Å². The third-order valence-corrected chi connectivity index (χ3v) is 3.74. The largest absolute Gasteiger partial charge is 0.394 e. The molecular weight excluding hydrogens is 280 g/mol. The van der Waals surface area contributed by atoms with Gasteiger partial charge in [-0.3, -0.25) is 0 Å². The number of nitrogen functional groups attached to an aromatic ring is 1. The van der Waals surface area contributed by atoms with E-state index in [9.17, 15) is 15.3 Å². The van der Waals surface area contributed by atoms with Gasteiger partial charge in [-0.25, -0.2) is 9.50 Å². The maximum absolute atomic E-state index is 10.3. The Morgan fingerprint density at radius 2 is 2.24 bits per heavy atom. The number of rotatable bonds is 3. The summed E-state index contributed by atoms with van der Waals surface area (Å²) in [6.07, 6.45) is -2.39. The van der Waals surface area contributed by atoms with Gasteiger partial charge in [0, 0.05) is 7.11 Å². The Bertz CT molecular complexity index is 662. The Morgan fingerprint density at radius 1 is 1.48 bits per heavy atom. The van der Waals surface area contributed by atoms with Gasteiger partial charge in [0.1, 0.15) is 35.8 Å². The fourth-order valence-electron chi connectivity index (χ4n) is 2.64. The van der Waals surface area contributed by atoms with Crippen molar-refractivity contribution in [2.75, 3.05) is 19.5 Å². The lowest BCUT2D eigenvalue weighted by Crippen LogP contribution is -2.43. The second-order valence-electron chi connectivity index (χ2n) is 4.81. The number of aliphatic hydroxyl groups is 3. The van der Waals surface area contributed by atoms with Crippen LogP contribution in [0.25, 0.3) is 5.52 Å². The summed E-state index contributed by atoms with van der Waals surface area (Å²) in [4.78, 5) is 3.87. The van der Waals surface area contributed by atoms with Gasteiger partial charge in [-0.05, 0) is 12.1 Å². The molecule has 0 spiro atoms. The van der Waals surface area contributed by atoms with Gasteiger partial charge in [-0.1, -0.05) is 0 Å². The average Bonchev–Trinajstić information content (AvgIpc) is 3.03.